The van der Waals surface area contributed by atoms with Gasteiger partial charge in [0.2, 0.25) is 11.9 Å². The molecular weight excluding hydrogens is 242 g/mol. The lowest BCUT2D eigenvalue weighted by Crippen LogP contribution is -2.32. The van der Waals surface area contributed by atoms with E-state index in [2.05, 4.69) is 31.9 Å². The molecule has 0 radical (unpaired) electrons. The molecule has 1 atom stereocenters. The number of nitrogens with zero attached hydrogens (tertiary/aromatic N) is 6. The molecular formula is C12H17N7. The maximum Gasteiger partial charge on any atom is 0.257 e. The summed E-state index contributed by atoms with van der Waals surface area (Å²) < 4.78 is 1.58. The second-order valence-corrected chi connectivity index (χ2v) is 4.93. The van der Waals surface area contributed by atoms with Crippen LogP contribution >= 0.6 is 0 Å². The number of hydrogen-bond donors (Lipinski definition) is 1. The van der Waals surface area contributed by atoms with E-state index in [-0.39, 0.29) is 5.95 Å². The van der Waals surface area contributed by atoms with Crippen molar-refractivity contribution in [2.75, 3.05) is 17.7 Å². The van der Waals surface area contributed by atoms with Crippen LogP contribution in [0.1, 0.15) is 19.8 Å². The first-order valence-electron chi connectivity index (χ1n) is 6.39. The standard InChI is InChI=1S/C12H17N7/c1-8(9-4-5-9)18(2)11-15-10(13)16-12(17-11)19-7-3-6-14-19/h3,6-9H,4-5H2,1-2H3,(H2,13,15,16,17). The van der Waals surface area contributed by atoms with E-state index in [1.807, 2.05) is 13.1 Å². The van der Waals surface area contributed by atoms with Crippen LogP contribution < -0.4 is 10.6 Å². The zero-order valence-electron chi connectivity index (χ0n) is 11.1. The first-order valence-corrected chi connectivity index (χ1v) is 6.39. The highest BCUT2D eigenvalue weighted by Gasteiger charge is 2.31. The minimum absolute atomic E-state index is 0.213. The van der Waals surface area contributed by atoms with Crippen LogP contribution in [0.3, 0.4) is 0 Å². The van der Waals surface area contributed by atoms with E-state index in [1.165, 1.54) is 12.8 Å². The molecule has 3 rings (SSSR count). The molecule has 1 fully saturated rings. The second kappa shape index (κ2) is 4.49. The van der Waals surface area contributed by atoms with Crippen molar-refractivity contribution in [3.05, 3.63) is 18.5 Å². The monoisotopic (exact) mass is 259 g/mol. The predicted octanol–water partition coefficient (Wildman–Crippen LogP) is 0.874. The molecule has 0 bridgehead atoms. The zero-order valence-corrected chi connectivity index (χ0v) is 11.1. The van der Waals surface area contributed by atoms with Gasteiger partial charge in [-0.05, 0) is 31.7 Å². The largest absolute Gasteiger partial charge is 0.368 e. The van der Waals surface area contributed by atoms with Crippen LogP contribution in [0.4, 0.5) is 11.9 Å². The predicted molar refractivity (Wildman–Crippen MR) is 72.0 cm³/mol. The van der Waals surface area contributed by atoms with Gasteiger partial charge in [0.05, 0.1) is 0 Å². The van der Waals surface area contributed by atoms with Gasteiger partial charge in [-0.1, -0.05) is 0 Å². The minimum Gasteiger partial charge on any atom is -0.368 e. The van der Waals surface area contributed by atoms with Crippen LogP contribution in [0.2, 0.25) is 0 Å². The van der Waals surface area contributed by atoms with Crippen molar-refractivity contribution < 1.29 is 0 Å². The molecule has 2 aromatic heterocycles. The summed E-state index contributed by atoms with van der Waals surface area (Å²) in [5.41, 5.74) is 5.77. The fraction of sp³-hybridized carbons (Fsp3) is 0.500. The Kier molecular flexibility index (Phi) is 2.81. The Morgan fingerprint density at radius 2 is 2.16 bits per heavy atom. The van der Waals surface area contributed by atoms with Gasteiger partial charge < -0.3 is 10.6 Å². The van der Waals surface area contributed by atoms with Gasteiger partial charge in [0, 0.05) is 25.5 Å². The molecule has 1 unspecified atom stereocenters. The topological polar surface area (TPSA) is 85.8 Å². The van der Waals surface area contributed by atoms with E-state index in [9.17, 15) is 0 Å². The van der Waals surface area contributed by atoms with E-state index in [0.717, 1.165) is 5.92 Å². The Morgan fingerprint density at radius 1 is 1.37 bits per heavy atom. The SMILES string of the molecule is CC(C1CC1)N(C)c1nc(N)nc(-n2cccn2)n1. The Hall–Kier alpha value is -2.18. The fourth-order valence-electron chi connectivity index (χ4n) is 2.09. The van der Waals surface area contributed by atoms with Crippen molar-refractivity contribution in [1.82, 2.24) is 24.7 Å². The van der Waals surface area contributed by atoms with Gasteiger partial charge >= 0.3 is 0 Å². The van der Waals surface area contributed by atoms with Gasteiger partial charge in [-0.3, -0.25) is 0 Å². The maximum atomic E-state index is 5.77. The Labute approximate surface area is 111 Å². The smallest absolute Gasteiger partial charge is 0.257 e. The van der Waals surface area contributed by atoms with E-state index in [1.54, 1.807) is 17.1 Å². The molecule has 2 N–H and O–H groups in total. The van der Waals surface area contributed by atoms with Crippen molar-refractivity contribution >= 4 is 11.9 Å². The molecule has 0 amide bonds. The summed E-state index contributed by atoms with van der Waals surface area (Å²) in [7, 11) is 1.99. The number of nitrogen functional groups attached to an aromatic ring is 1. The lowest BCUT2D eigenvalue weighted by Gasteiger charge is -2.24. The zero-order chi connectivity index (χ0) is 13.4. The summed E-state index contributed by atoms with van der Waals surface area (Å²) in [4.78, 5) is 14.8. The van der Waals surface area contributed by atoms with Crippen LogP contribution in [-0.4, -0.2) is 37.8 Å². The lowest BCUT2D eigenvalue weighted by atomic mass is 10.2. The minimum atomic E-state index is 0.213. The van der Waals surface area contributed by atoms with E-state index < -0.39 is 0 Å². The highest BCUT2D eigenvalue weighted by molar-refractivity contribution is 5.38. The van der Waals surface area contributed by atoms with Gasteiger partial charge in [-0.15, -0.1) is 0 Å². The van der Waals surface area contributed by atoms with Gasteiger partial charge in [0.25, 0.3) is 5.95 Å². The Balaban J connectivity index is 1.93. The molecule has 0 aromatic carbocycles. The Bertz CT molecular complexity index is 561. The number of nitrogens with two attached hydrogens (primary N) is 1. The third-order valence-electron chi connectivity index (χ3n) is 3.57. The lowest BCUT2D eigenvalue weighted by molar-refractivity contribution is 0.595. The summed E-state index contributed by atoms with van der Waals surface area (Å²) >= 11 is 0. The summed E-state index contributed by atoms with van der Waals surface area (Å²) in [5, 5.41) is 4.11. The van der Waals surface area contributed by atoms with Crippen LogP contribution in [0.25, 0.3) is 5.95 Å². The van der Waals surface area contributed by atoms with Crippen molar-refractivity contribution in [3.8, 4) is 5.95 Å². The van der Waals surface area contributed by atoms with Crippen LogP contribution in [0.15, 0.2) is 18.5 Å². The average Bonchev–Trinajstić information content (AvgIpc) is 3.11. The summed E-state index contributed by atoms with van der Waals surface area (Å²) in [5.74, 6) is 1.99. The van der Waals surface area contributed by atoms with Crippen LogP contribution in [0, 0.1) is 5.92 Å². The molecule has 7 nitrogen and oxygen atoms in total. The first-order chi connectivity index (χ1) is 9.15. The number of rotatable bonds is 4. The summed E-state index contributed by atoms with van der Waals surface area (Å²) in [6.07, 6.45) is 6.01. The average molecular weight is 259 g/mol. The number of aromatic nitrogens is 5. The highest BCUT2D eigenvalue weighted by Crippen LogP contribution is 2.35. The van der Waals surface area contributed by atoms with Crippen molar-refractivity contribution in [2.45, 2.75) is 25.8 Å². The molecule has 1 aliphatic rings. The quantitative estimate of drug-likeness (QED) is 0.877. The third kappa shape index (κ3) is 2.35. The maximum absolute atomic E-state index is 5.77. The molecule has 0 aliphatic heterocycles. The molecule has 0 saturated heterocycles. The van der Waals surface area contributed by atoms with Crippen molar-refractivity contribution in [3.63, 3.8) is 0 Å². The molecule has 100 valence electrons. The van der Waals surface area contributed by atoms with Gasteiger partial charge in [0.1, 0.15) is 0 Å². The van der Waals surface area contributed by atoms with E-state index in [4.69, 9.17) is 5.73 Å². The molecule has 2 heterocycles. The third-order valence-corrected chi connectivity index (χ3v) is 3.57. The summed E-state index contributed by atoms with van der Waals surface area (Å²) in [6, 6.07) is 2.23. The number of hydrogen-bond acceptors (Lipinski definition) is 6. The second-order valence-electron chi connectivity index (χ2n) is 4.93. The molecule has 1 saturated carbocycles. The van der Waals surface area contributed by atoms with Crippen LogP contribution in [0.5, 0.6) is 0 Å². The molecule has 7 heteroatoms. The first kappa shape index (κ1) is 11.9. The van der Waals surface area contributed by atoms with Gasteiger partial charge in [0.15, 0.2) is 0 Å². The van der Waals surface area contributed by atoms with E-state index >= 15 is 0 Å². The van der Waals surface area contributed by atoms with E-state index in [0.29, 0.717) is 17.9 Å². The van der Waals surface area contributed by atoms with Crippen molar-refractivity contribution in [1.29, 1.82) is 0 Å². The Morgan fingerprint density at radius 3 is 2.79 bits per heavy atom. The molecule has 0 spiro atoms. The van der Waals surface area contributed by atoms with Crippen LogP contribution in [-0.2, 0) is 0 Å². The summed E-state index contributed by atoms with van der Waals surface area (Å²) in [6.45, 7) is 2.19. The normalized spacial score (nSPS) is 16.3. The molecule has 19 heavy (non-hydrogen) atoms. The molecule has 2 aromatic rings. The molecule has 1 aliphatic carbocycles. The van der Waals surface area contributed by atoms with Gasteiger partial charge in [-0.25, -0.2) is 4.68 Å². The van der Waals surface area contributed by atoms with Crippen molar-refractivity contribution in [2.24, 2.45) is 5.92 Å². The van der Waals surface area contributed by atoms with Gasteiger partial charge in [-0.2, -0.15) is 20.1 Å². The fourth-order valence-corrected chi connectivity index (χ4v) is 2.09. The number of anilines is 2. The highest BCUT2D eigenvalue weighted by atomic mass is 15.4.